The molecule has 23 heavy (non-hydrogen) atoms. The van der Waals surface area contributed by atoms with Crippen LogP contribution < -0.4 is 4.72 Å². The summed E-state index contributed by atoms with van der Waals surface area (Å²) in [6.07, 6.45) is -9.44. The molecule has 0 radical (unpaired) electrons. The van der Waals surface area contributed by atoms with Crippen molar-refractivity contribution in [2.45, 2.75) is 50.8 Å². The van der Waals surface area contributed by atoms with Gasteiger partial charge in [-0.1, -0.05) is 12.1 Å². The quantitative estimate of drug-likeness (QED) is 0.627. The van der Waals surface area contributed by atoms with Gasteiger partial charge in [0.05, 0.1) is 5.56 Å². The maximum atomic E-state index is 13.2. The second-order valence-electron chi connectivity index (χ2n) is 6.05. The number of alkyl halides is 6. The van der Waals surface area contributed by atoms with Gasteiger partial charge in [-0.3, -0.25) is 0 Å². The molecule has 0 saturated carbocycles. The van der Waals surface area contributed by atoms with Gasteiger partial charge < -0.3 is 4.55 Å². The average Bonchev–Trinajstić information content (AvgIpc) is 2.31. The van der Waals surface area contributed by atoms with Crippen LogP contribution in [0.15, 0.2) is 18.2 Å². The van der Waals surface area contributed by atoms with Gasteiger partial charge in [0.25, 0.3) is 0 Å². The fourth-order valence-electron chi connectivity index (χ4n) is 1.79. The maximum absolute atomic E-state index is 13.2. The molecule has 0 aromatic heterocycles. The Balaban J connectivity index is 3.22. The van der Waals surface area contributed by atoms with Crippen LogP contribution in [0.1, 0.15) is 43.5 Å². The summed E-state index contributed by atoms with van der Waals surface area (Å²) in [6, 6.07) is -0.150. The van der Waals surface area contributed by atoms with E-state index in [-0.39, 0.29) is 5.56 Å². The number of rotatable bonds is 3. The second kappa shape index (κ2) is 6.52. The summed E-state index contributed by atoms with van der Waals surface area (Å²) in [5.41, 5.74) is -1.74. The molecular formula is C14H17F6NOS. The minimum atomic E-state index is -4.80. The lowest BCUT2D eigenvalue weighted by Crippen LogP contribution is -2.45. The predicted octanol–water partition coefficient (Wildman–Crippen LogP) is 4.67. The lowest BCUT2D eigenvalue weighted by atomic mass is 10.0. The molecule has 0 fully saturated rings. The van der Waals surface area contributed by atoms with Gasteiger partial charge in [0.2, 0.25) is 0 Å². The van der Waals surface area contributed by atoms with Crippen molar-refractivity contribution < 1.29 is 30.9 Å². The van der Waals surface area contributed by atoms with E-state index in [2.05, 4.69) is 0 Å². The minimum Gasteiger partial charge on any atom is -0.598 e. The lowest BCUT2D eigenvalue weighted by molar-refractivity contribution is -0.153. The Labute approximate surface area is 133 Å². The molecule has 0 saturated heterocycles. The molecule has 1 aromatic rings. The first-order chi connectivity index (χ1) is 10.1. The van der Waals surface area contributed by atoms with Gasteiger partial charge in [-0.25, -0.2) is 0 Å². The summed E-state index contributed by atoms with van der Waals surface area (Å²) in [5.74, 6) is 0. The molecule has 0 heterocycles. The average molecular weight is 361 g/mol. The fraction of sp³-hybridized carbons (Fsp3) is 0.571. The smallest absolute Gasteiger partial charge is 0.416 e. The molecule has 9 heteroatoms. The van der Waals surface area contributed by atoms with Gasteiger partial charge in [-0.05, 0) is 44.9 Å². The molecule has 0 spiro atoms. The first kappa shape index (κ1) is 20.1. The number of benzene rings is 1. The highest BCUT2D eigenvalue weighted by Gasteiger charge is 2.46. The highest BCUT2D eigenvalue weighted by atomic mass is 32.2. The van der Waals surface area contributed by atoms with Crippen molar-refractivity contribution in [1.29, 1.82) is 0 Å². The highest BCUT2D eigenvalue weighted by molar-refractivity contribution is 7.90. The molecular weight excluding hydrogens is 344 g/mol. The van der Waals surface area contributed by atoms with Crippen LogP contribution >= 0.6 is 0 Å². The highest BCUT2D eigenvalue weighted by Crippen LogP contribution is 2.38. The molecule has 0 amide bonds. The van der Waals surface area contributed by atoms with E-state index in [1.807, 2.05) is 4.72 Å². The lowest BCUT2D eigenvalue weighted by Gasteiger charge is -2.29. The first-order valence-corrected chi connectivity index (χ1v) is 7.71. The van der Waals surface area contributed by atoms with Gasteiger partial charge in [0.1, 0.15) is 4.75 Å². The number of halogens is 6. The molecule has 1 rings (SSSR count). The van der Waals surface area contributed by atoms with Gasteiger partial charge in [0.15, 0.2) is 6.04 Å². The number of hydrogen-bond donors (Lipinski definition) is 1. The molecule has 0 aliphatic rings. The molecule has 1 aromatic carbocycles. The van der Waals surface area contributed by atoms with E-state index in [1.54, 1.807) is 0 Å². The maximum Gasteiger partial charge on any atom is 0.416 e. The van der Waals surface area contributed by atoms with Crippen molar-refractivity contribution >= 4 is 11.4 Å². The summed E-state index contributed by atoms with van der Waals surface area (Å²) in [6.45, 7) is 5.55. The van der Waals surface area contributed by atoms with Crippen molar-refractivity contribution in [2.24, 2.45) is 0 Å². The topological polar surface area (TPSA) is 35.1 Å². The molecule has 132 valence electrons. The number of nitrogens with one attached hydrogen (secondary N) is 1. The largest absolute Gasteiger partial charge is 0.598 e. The summed E-state index contributed by atoms with van der Waals surface area (Å²) in [5, 5.41) is 0. The SMILES string of the molecule is Cc1cc([C@@H](N[S+]([O-])C(C)(C)C)C(F)(F)F)ccc1C(F)(F)F. The van der Waals surface area contributed by atoms with Crippen molar-refractivity contribution in [3.05, 3.63) is 34.9 Å². The molecule has 2 nitrogen and oxygen atoms in total. The Morgan fingerprint density at radius 2 is 1.57 bits per heavy atom. The molecule has 0 aliphatic heterocycles. The third kappa shape index (κ3) is 5.29. The third-order valence-electron chi connectivity index (χ3n) is 3.00. The van der Waals surface area contributed by atoms with E-state index in [0.29, 0.717) is 6.07 Å². The monoisotopic (exact) mass is 361 g/mol. The molecule has 1 N–H and O–H groups in total. The zero-order valence-electron chi connectivity index (χ0n) is 12.9. The normalized spacial score (nSPS) is 16.3. The van der Waals surface area contributed by atoms with Crippen molar-refractivity contribution in [1.82, 2.24) is 4.72 Å². The summed E-state index contributed by atoms with van der Waals surface area (Å²) >= 11 is -2.04. The van der Waals surface area contributed by atoms with Crippen LogP contribution in [0.4, 0.5) is 26.3 Å². The van der Waals surface area contributed by atoms with Crippen LogP contribution in [0, 0.1) is 6.92 Å². The van der Waals surface area contributed by atoms with E-state index in [4.69, 9.17) is 0 Å². The van der Waals surface area contributed by atoms with Crippen LogP contribution in [0.3, 0.4) is 0 Å². The zero-order chi connectivity index (χ0) is 18.2. The second-order valence-corrected chi connectivity index (χ2v) is 8.04. The third-order valence-corrected chi connectivity index (χ3v) is 4.56. The van der Waals surface area contributed by atoms with Crippen LogP contribution in [-0.2, 0) is 17.5 Å². The van der Waals surface area contributed by atoms with E-state index >= 15 is 0 Å². The van der Waals surface area contributed by atoms with Gasteiger partial charge in [0, 0.05) is 11.4 Å². The van der Waals surface area contributed by atoms with Gasteiger partial charge >= 0.3 is 12.4 Å². The van der Waals surface area contributed by atoms with Crippen LogP contribution in [0.2, 0.25) is 0 Å². The van der Waals surface area contributed by atoms with Gasteiger partial charge in [-0.2, -0.15) is 26.3 Å². The van der Waals surface area contributed by atoms with Crippen LogP contribution in [-0.4, -0.2) is 15.5 Å². The predicted molar refractivity (Wildman–Crippen MR) is 76.0 cm³/mol. The van der Waals surface area contributed by atoms with E-state index < -0.39 is 45.6 Å². The fourth-order valence-corrected chi connectivity index (χ4v) is 2.63. The molecule has 2 atom stereocenters. The van der Waals surface area contributed by atoms with Crippen molar-refractivity contribution in [3.8, 4) is 0 Å². The van der Waals surface area contributed by atoms with E-state index in [0.717, 1.165) is 19.1 Å². The van der Waals surface area contributed by atoms with Gasteiger partial charge in [-0.15, -0.1) is 4.72 Å². The van der Waals surface area contributed by atoms with Crippen LogP contribution in [0.25, 0.3) is 0 Å². The van der Waals surface area contributed by atoms with E-state index in [9.17, 15) is 30.9 Å². The van der Waals surface area contributed by atoms with Crippen LogP contribution in [0.5, 0.6) is 0 Å². The minimum absolute atomic E-state index is 0.326. The summed E-state index contributed by atoms with van der Waals surface area (Å²) < 4.78 is 90.6. The Kier molecular flexibility index (Phi) is 5.71. The Hall–Kier alpha value is -0.930. The molecule has 0 aliphatic carbocycles. The number of hydrogen-bond acceptors (Lipinski definition) is 2. The Bertz CT molecular complexity index is 550. The molecule has 1 unspecified atom stereocenters. The molecule has 0 bridgehead atoms. The number of aryl methyl sites for hydroxylation is 1. The van der Waals surface area contributed by atoms with E-state index in [1.165, 1.54) is 20.8 Å². The first-order valence-electron chi connectivity index (χ1n) is 6.56. The Morgan fingerprint density at radius 1 is 1.04 bits per heavy atom. The standard InChI is InChI=1S/C14H17F6NOS/c1-8-7-9(5-6-10(8)13(15,16)17)11(14(18,19)20)21-23(22)12(2,3)4/h5-7,11,21H,1-4H3/t11-,23?/m1/s1. The van der Waals surface area contributed by atoms with Crippen molar-refractivity contribution in [3.63, 3.8) is 0 Å². The van der Waals surface area contributed by atoms with Crippen molar-refractivity contribution in [2.75, 3.05) is 0 Å². The summed E-state index contributed by atoms with van der Waals surface area (Å²) in [4.78, 5) is 0. The zero-order valence-corrected chi connectivity index (χ0v) is 13.7. The Morgan fingerprint density at radius 3 is 1.91 bits per heavy atom. The summed E-state index contributed by atoms with van der Waals surface area (Å²) in [7, 11) is 0.